The van der Waals surface area contributed by atoms with Gasteiger partial charge < -0.3 is 10.6 Å². The molecule has 0 aliphatic rings. The molecule has 106 valence electrons. The molecule has 2 aromatic carbocycles. The molecule has 0 aliphatic heterocycles. The quantitative estimate of drug-likeness (QED) is 0.847. The Morgan fingerprint density at radius 2 is 1.90 bits per heavy atom. The molecule has 2 N–H and O–H groups in total. The Hall–Kier alpha value is -1.87. The van der Waals surface area contributed by atoms with E-state index in [1.165, 1.54) is 16.3 Å². The number of amides is 1. The molecule has 0 bridgehead atoms. The molecule has 1 unspecified atom stereocenters. The maximum Gasteiger partial charge on any atom is 0.221 e. The molecule has 2 rings (SSSR count). The van der Waals surface area contributed by atoms with E-state index in [9.17, 15) is 4.79 Å². The van der Waals surface area contributed by atoms with Crippen molar-refractivity contribution in [1.29, 1.82) is 0 Å². The molecule has 0 aromatic heterocycles. The van der Waals surface area contributed by atoms with Crippen LogP contribution in [0.25, 0.3) is 10.8 Å². The first kappa shape index (κ1) is 14.5. The van der Waals surface area contributed by atoms with E-state index in [-0.39, 0.29) is 11.9 Å². The van der Waals surface area contributed by atoms with Crippen LogP contribution in [-0.4, -0.2) is 19.0 Å². The summed E-state index contributed by atoms with van der Waals surface area (Å²) in [4.78, 5) is 11.4. The van der Waals surface area contributed by atoms with Gasteiger partial charge in [-0.15, -0.1) is 0 Å². The molecule has 0 heterocycles. The van der Waals surface area contributed by atoms with Crippen LogP contribution in [0.15, 0.2) is 42.5 Å². The highest BCUT2D eigenvalue weighted by molar-refractivity contribution is 5.83. The van der Waals surface area contributed by atoms with Crippen LogP contribution in [0.5, 0.6) is 0 Å². The summed E-state index contributed by atoms with van der Waals surface area (Å²) < 4.78 is 0. The van der Waals surface area contributed by atoms with Crippen LogP contribution in [0.4, 0.5) is 0 Å². The van der Waals surface area contributed by atoms with Crippen molar-refractivity contribution >= 4 is 16.7 Å². The standard InChI is InChI=1S/C17H22N2O/c1-3-18-17(20)10-11-19-13(2)15-9-8-14-6-4-5-7-16(14)12-15/h4-9,12-13,19H,3,10-11H2,1-2H3,(H,18,20). The largest absolute Gasteiger partial charge is 0.356 e. The third-order valence-electron chi connectivity index (χ3n) is 3.45. The van der Waals surface area contributed by atoms with Gasteiger partial charge in [-0.2, -0.15) is 0 Å². The summed E-state index contributed by atoms with van der Waals surface area (Å²) in [5.41, 5.74) is 1.25. The molecule has 0 saturated heterocycles. The van der Waals surface area contributed by atoms with Gasteiger partial charge in [0.1, 0.15) is 0 Å². The van der Waals surface area contributed by atoms with Gasteiger partial charge in [-0.3, -0.25) is 4.79 Å². The SMILES string of the molecule is CCNC(=O)CCNC(C)c1ccc2ccccc2c1. The van der Waals surface area contributed by atoms with Gasteiger partial charge >= 0.3 is 0 Å². The first-order chi connectivity index (χ1) is 9.70. The molecular weight excluding hydrogens is 248 g/mol. The molecule has 0 aliphatic carbocycles. The first-order valence-corrected chi connectivity index (χ1v) is 7.19. The van der Waals surface area contributed by atoms with Crippen LogP contribution in [0.2, 0.25) is 0 Å². The fraction of sp³-hybridized carbons (Fsp3) is 0.353. The normalized spacial score (nSPS) is 12.3. The number of carbonyl (C=O) groups is 1. The van der Waals surface area contributed by atoms with Gasteiger partial charge in [0.25, 0.3) is 0 Å². The van der Waals surface area contributed by atoms with Crippen molar-refractivity contribution in [3.05, 3.63) is 48.0 Å². The summed E-state index contributed by atoms with van der Waals surface area (Å²) in [5.74, 6) is 0.103. The summed E-state index contributed by atoms with van der Waals surface area (Å²) in [5, 5.41) is 8.70. The van der Waals surface area contributed by atoms with Crippen LogP contribution >= 0.6 is 0 Å². The van der Waals surface area contributed by atoms with Gasteiger partial charge in [0.05, 0.1) is 0 Å². The second-order valence-electron chi connectivity index (χ2n) is 4.99. The lowest BCUT2D eigenvalue weighted by Gasteiger charge is -2.15. The lowest BCUT2D eigenvalue weighted by atomic mass is 10.0. The lowest BCUT2D eigenvalue weighted by molar-refractivity contribution is -0.120. The molecule has 0 saturated carbocycles. The predicted molar refractivity (Wildman–Crippen MR) is 83.7 cm³/mol. The highest BCUT2D eigenvalue weighted by Crippen LogP contribution is 2.20. The van der Waals surface area contributed by atoms with Crippen LogP contribution in [0.3, 0.4) is 0 Å². The molecule has 20 heavy (non-hydrogen) atoms. The fourth-order valence-electron chi connectivity index (χ4n) is 2.28. The average Bonchev–Trinajstić information content (AvgIpc) is 2.47. The van der Waals surface area contributed by atoms with Crippen molar-refractivity contribution in [1.82, 2.24) is 10.6 Å². The van der Waals surface area contributed by atoms with E-state index in [1.54, 1.807) is 0 Å². The van der Waals surface area contributed by atoms with Gasteiger partial charge in [0.2, 0.25) is 5.91 Å². The minimum absolute atomic E-state index is 0.103. The Labute approximate surface area is 120 Å². The predicted octanol–water partition coefficient (Wildman–Crippen LogP) is 3.02. The summed E-state index contributed by atoms with van der Waals surface area (Å²) in [6.07, 6.45) is 0.520. The Bertz CT molecular complexity index is 580. The van der Waals surface area contributed by atoms with E-state index in [4.69, 9.17) is 0 Å². The molecule has 0 spiro atoms. The number of rotatable bonds is 6. The summed E-state index contributed by atoms with van der Waals surface area (Å²) in [6.45, 7) is 5.45. The second-order valence-corrected chi connectivity index (χ2v) is 4.99. The smallest absolute Gasteiger partial charge is 0.221 e. The van der Waals surface area contributed by atoms with Crippen LogP contribution < -0.4 is 10.6 Å². The Balaban J connectivity index is 1.93. The maximum absolute atomic E-state index is 11.4. The van der Waals surface area contributed by atoms with Gasteiger partial charge in [-0.05, 0) is 36.2 Å². The zero-order valence-electron chi connectivity index (χ0n) is 12.1. The van der Waals surface area contributed by atoms with Crippen molar-refractivity contribution < 1.29 is 4.79 Å². The molecular formula is C17H22N2O. The third-order valence-corrected chi connectivity index (χ3v) is 3.45. The van der Waals surface area contributed by atoms with E-state index < -0.39 is 0 Å². The van der Waals surface area contributed by atoms with Gasteiger partial charge in [0.15, 0.2) is 0 Å². The van der Waals surface area contributed by atoms with Gasteiger partial charge in [-0.25, -0.2) is 0 Å². The molecule has 3 nitrogen and oxygen atoms in total. The molecule has 3 heteroatoms. The molecule has 1 amide bonds. The molecule has 2 aromatic rings. The Morgan fingerprint density at radius 1 is 1.15 bits per heavy atom. The first-order valence-electron chi connectivity index (χ1n) is 7.19. The zero-order valence-corrected chi connectivity index (χ0v) is 12.1. The number of fused-ring (bicyclic) bond motifs is 1. The number of hydrogen-bond acceptors (Lipinski definition) is 2. The fourth-order valence-corrected chi connectivity index (χ4v) is 2.28. The van der Waals surface area contributed by atoms with Crippen molar-refractivity contribution in [2.75, 3.05) is 13.1 Å². The number of carbonyl (C=O) groups excluding carboxylic acids is 1. The Morgan fingerprint density at radius 3 is 2.65 bits per heavy atom. The van der Waals surface area contributed by atoms with Crippen LogP contribution in [0.1, 0.15) is 31.9 Å². The van der Waals surface area contributed by atoms with Crippen molar-refractivity contribution in [3.8, 4) is 0 Å². The summed E-state index contributed by atoms with van der Waals surface area (Å²) >= 11 is 0. The minimum atomic E-state index is 0.103. The number of hydrogen-bond donors (Lipinski definition) is 2. The average molecular weight is 270 g/mol. The minimum Gasteiger partial charge on any atom is -0.356 e. The van der Waals surface area contributed by atoms with E-state index in [2.05, 4.69) is 60.0 Å². The molecule has 0 fully saturated rings. The van der Waals surface area contributed by atoms with Gasteiger partial charge in [0, 0.05) is 25.6 Å². The molecule has 0 radical (unpaired) electrons. The van der Waals surface area contributed by atoms with Crippen molar-refractivity contribution in [2.45, 2.75) is 26.3 Å². The van der Waals surface area contributed by atoms with Crippen LogP contribution in [-0.2, 0) is 4.79 Å². The highest BCUT2D eigenvalue weighted by atomic mass is 16.1. The summed E-state index contributed by atoms with van der Waals surface area (Å²) in [7, 11) is 0. The lowest BCUT2D eigenvalue weighted by Crippen LogP contribution is -2.28. The van der Waals surface area contributed by atoms with Crippen molar-refractivity contribution in [2.24, 2.45) is 0 Å². The van der Waals surface area contributed by atoms with E-state index in [0.717, 1.165) is 0 Å². The van der Waals surface area contributed by atoms with Crippen LogP contribution in [0, 0.1) is 0 Å². The summed E-state index contributed by atoms with van der Waals surface area (Å²) in [6, 6.07) is 15.1. The highest BCUT2D eigenvalue weighted by Gasteiger charge is 2.06. The Kier molecular flexibility index (Phi) is 5.13. The van der Waals surface area contributed by atoms with E-state index >= 15 is 0 Å². The van der Waals surface area contributed by atoms with E-state index in [0.29, 0.717) is 19.5 Å². The maximum atomic E-state index is 11.4. The molecule has 1 atom stereocenters. The van der Waals surface area contributed by atoms with E-state index in [1.807, 2.05) is 6.92 Å². The third kappa shape index (κ3) is 3.81. The number of nitrogens with one attached hydrogen (secondary N) is 2. The zero-order chi connectivity index (χ0) is 14.4. The van der Waals surface area contributed by atoms with Gasteiger partial charge in [-0.1, -0.05) is 36.4 Å². The number of benzene rings is 2. The monoisotopic (exact) mass is 270 g/mol. The van der Waals surface area contributed by atoms with Crippen molar-refractivity contribution in [3.63, 3.8) is 0 Å². The second kappa shape index (κ2) is 7.06. The topological polar surface area (TPSA) is 41.1 Å².